The molecule has 2 heterocycles. The van der Waals surface area contributed by atoms with Gasteiger partial charge in [0.15, 0.2) is 11.6 Å². The van der Waals surface area contributed by atoms with Crippen LogP contribution in [0.15, 0.2) is 30.5 Å². The second-order valence-electron chi connectivity index (χ2n) is 6.68. The molecule has 0 unspecified atom stereocenters. The van der Waals surface area contributed by atoms with Crippen molar-refractivity contribution < 1.29 is 23.1 Å². The SMILES string of the molecule is CNC(=O)c1cnc(Nc2cc(C)nc(C)n2)cc1NC(=O)c1cc(F)cc(F)c1OC. The van der Waals surface area contributed by atoms with E-state index < -0.39 is 29.2 Å². The third-order valence-electron chi connectivity index (χ3n) is 4.30. The molecule has 0 spiro atoms. The van der Waals surface area contributed by atoms with Crippen molar-refractivity contribution >= 4 is 29.1 Å². The lowest BCUT2D eigenvalue weighted by Crippen LogP contribution is -2.22. The van der Waals surface area contributed by atoms with Crippen LogP contribution in [0.2, 0.25) is 0 Å². The summed E-state index contributed by atoms with van der Waals surface area (Å²) < 4.78 is 32.6. The first-order chi connectivity index (χ1) is 15.2. The molecule has 0 atom stereocenters. The summed E-state index contributed by atoms with van der Waals surface area (Å²) in [5.74, 6) is -2.54. The van der Waals surface area contributed by atoms with Crippen LogP contribution in [0.25, 0.3) is 0 Å². The Morgan fingerprint density at radius 1 is 0.969 bits per heavy atom. The number of hydrogen-bond acceptors (Lipinski definition) is 7. The van der Waals surface area contributed by atoms with Crippen LogP contribution in [0.3, 0.4) is 0 Å². The van der Waals surface area contributed by atoms with Crippen LogP contribution < -0.4 is 20.7 Å². The monoisotopic (exact) mass is 442 g/mol. The Balaban J connectivity index is 1.99. The van der Waals surface area contributed by atoms with Gasteiger partial charge in [0.25, 0.3) is 11.8 Å². The highest BCUT2D eigenvalue weighted by molar-refractivity contribution is 6.10. The molecule has 2 amide bonds. The average Bonchev–Trinajstić information content (AvgIpc) is 2.72. The maximum Gasteiger partial charge on any atom is 0.259 e. The number of nitrogens with one attached hydrogen (secondary N) is 3. The van der Waals surface area contributed by atoms with E-state index in [0.717, 1.165) is 18.9 Å². The fourth-order valence-corrected chi connectivity index (χ4v) is 2.98. The summed E-state index contributed by atoms with van der Waals surface area (Å²) in [6.45, 7) is 3.54. The van der Waals surface area contributed by atoms with E-state index in [9.17, 15) is 18.4 Å². The Morgan fingerprint density at radius 2 is 1.72 bits per heavy atom. The predicted molar refractivity (Wildman–Crippen MR) is 113 cm³/mol. The van der Waals surface area contributed by atoms with Gasteiger partial charge in [0, 0.05) is 37.1 Å². The number of methoxy groups -OCH3 is 1. The zero-order chi connectivity index (χ0) is 23.4. The first-order valence-electron chi connectivity index (χ1n) is 9.37. The largest absolute Gasteiger partial charge is 0.493 e. The zero-order valence-corrected chi connectivity index (χ0v) is 17.7. The number of amides is 2. The second kappa shape index (κ2) is 9.33. The topological polar surface area (TPSA) is 118 Å². The van der Waals surface area contributed by atoms with Gasteiger partial charge in [-0.05, 0) is 19.9 Å². The number of rotatable bonds is 6. The minimum absolute atomic E-state index is 0.0392. The van der Waals surface area contributed by atoms with Crippen LogP contribution in [-0.4, -0.2) is 40.9 Å². The molecule has 2 aromatic heterocycles. The highest BCUT2D eigenvalue weighted by Gasteiger charge is 2.21. The molecule has 32 heavy (non-hydrogen) atoms. The number of aryl methyl sites for hydroxylation is 2. The maximum absolute atomic E-state index is 14.0. The Morgan fingerprint density at radius 3 is 2.38 bits per heavy atom. The summed E-state index contributed by atoms with van der Waals surface area (Å²) in [6.07, 6.45) is 1.25. The molecule has 0 aliphatic rings. The van der Waals surface area contributed by atoms with E-state index in [1.165, 1.54) is 19.3 Å². The summed E-state index contributed by atoms with van der Waals surface area (Å²) in [7, 11) is 2.57. The molecule has 0 saturated heterocycles. The Bertz CT molecular complexity index is 1180. The van der Waals surface area contributed by atoms with Crippen LogP contribution in [0.4, 0.5) is 26.1 Å². The van der Waals surface area contributed by atoms with Crippen molar-refractivity contribution in [3.63, 3.8) is 0 Å². The van der Waals surface area contributed by atoms with E-state index in [0.29, 0.717) is 17.7 Å². The molecule has 0 saturated carbocycles. The third-order valence-corrected chi connectivity index (χ3v) is 4.30. The molecule has 1 aromatic carbocycles. The smallest absolute Gasteiger partial charge is 0.259 e. The van der Waals surface area contributed by atoms with Gasteiger partial charge in [-0.1, -0.05) is 0 Å². The van der Waals surface area contributed by atoms with Crippen molar-refractivity contribution in [3.05, 3.63) is 64.7 Å². The summed E-state index contributed by atoms with van der Waals surface area (Å²) in [4.78, 5) is 37.7. The van der Waals surface area contributed by atoms with Crippen molar-refractivity contribution in [2.75, 3.05) is 24.8 Å². The van der Waals surface area contributed by atoms with Gasteiger partial charge >= 0.3 is 0 Å². The molecular formula is C21H20F2N6O3. The van der Waals surface area contributed by atoms with Crippen LogP contribution in [0.5, 0.6) is 5.75 Å². The molecule has 3 aromatic rings. The third kappa shape index (κ3) is 4.94. The lowest BCUT2D eigenvalue weighted by Gasteiger charge is -2.14. The molecule has 3 rings (SSSR count). The molecule has 11 heteroatoms. The number of aromatic nitrogens is 3. The van der Waals surface area contributed by atoms with Gasteiger partial charge in [-0.3, -0.25) is 9.59 Å². The van der Waals surface area contributed by atoms with Crippen molar-refractivity contribution in [1.82, 2.24) is 20.3 Å². The van der Waals surface area contributed by atoms with E-state index in [2.05, 4.69) is 30.9 Å². The summed E-state index contributed by atoms with van der Waals surface area (Å²) in [5, 5.41) is 7.91. The Labute approximate surface area is 182 Å². The predicted octanol–water partition coefficient (Wildman–Crippen LogP) is 3.13. The number of carbonyl (C=O) groups excluding carboxylic acids is 2. The van der Waals surface area contributed by atoms with Crippen molar-refractivity contribution in [3.8, 4) is 5.75 Å². The van der Waals surface area contributed by atoms with E-state index in [4.69, 9.17) is 4.74 Å². The summed E-state index contributed by atoms with van der Waals surface area (Å²) in [6, 6.07) is 4.53. The normalized spacial score (nSPS) is 10.4. The van der Waals surface area contributed by atoms with E-state index >= 15 is 0 Å². The molecule has 9 nitrogen and oxygen atoms in total. The van der Waals surface area contributed by atoms with E-state index in [-0.39, 0.29) is 22.6 Å². The molecule has 166 valence electrons. The van der Waals surface area contributed by atoms with Gasteiger partial charge < -0.3 is 20.7 Å². The van der Waals surface area contributed by atoms with E-state index in [1.54, 1.807) is 19.9 Å². The fraction of sp³-hybridized carbons (Fsp3) is 0.190. The molecular weight excluding hydrogens is 422 g/mol. The van der Waals surface area contributed by atoms with Crippen molar-refractivity contribution in [2.45, 2.75) is 13.8 Å². The lowest BCUT2D eigenvalue weighted by molar-refractivity contribution is 0.0963. The molecule has 0 fully saturated rings. The summed E-state index contributed by atoms with van der Waals surface area (Å²) in [5.41, 5.74) is 0.454. The first-order valence-corrected chi connectivity index (χ1v) is 9.37. The second-order valence-corrected chi connectivity index (χ2v) is 6.68. The highest BCUT2D eigenvalue weighted by Crippen LogP contribution is 2.27. The Kier molecular flexibility index (Phi) is 6.57. The van der Waals surface area contributed by atoms with Crippen molar-refractivity contribution in [1.29, 1.82) is 0 Å². The van der Waals surface area contributed by atoms with Gasteiger partial charge in [-0.15, -0.1) is 0 Å². The number of anilines is 3. The van der Waals surface area contributed by atoms with Gasteiger partial charge in [0.1, 0.15) is 23.3 Å². The number of pyridine rings is 1. The zero-order valence-electron chi connectivity index (χ0n) is 17.7. The van der Waals surface area contributed by atoms with E-state index in [1.807, 2.05) is 0 Å². The quantitative estimate of drug-likeness (QED) is 0.537. The number of ether oxygens (including phenoxy) is 1. The molecule has 0 bridgehead atoms. The average molecular weight is 442 g/mol. The molecule has 0 aliphatic heterocycles. The number of nitrogens with zero attached hydrogens (tertiary/aromatic N) is 3. The van der Waals surface area contributed by atoms with Gasteiger partial charge in [0.05, 0.1) is 23.9 Å². The van der Waals surface area contributed by atoms with Gasteiger partial charge in [0.2, 0.25) is 0 Å². The van der Waals surface area contributed by atoms with Crippen LogP contribution in [0.1, 0.15) is 32.2 Å². The van der Waals surface area contributed by atoms with Gasteiger partial charge in [-0.25, -0.2) is 23.7 Å². The molecule has 3 N–H and O–H groups in total. The number of halogens is 2. The summed E-state index contributed by atoms with van der Waals surface area (Å²) >= 11 is 0. The first kappa shape index (κ1) is 22.5. The van der Waals surface area contributed by atoms with Gasteiger partial charge in [-0.2, -0.15) is 0 Å². The number of carbonyl (C=O) groups is 2. The Hall–Kier alpha value is -4.15. The maximum atomic E-state index is 14.0. The lowest BCUT2D eigenvalue weighted by atomic mass is 10.1. The minimum atomic E-state index is -1.03. The van der Waals surface area contributed by atoms with Crippen LogP contribution >= 0.6 is 0 Å². The van der Waals surface area contributed by atoms with Crippen molar-refractivity contribution in [2.24, 2.45) is 0 Å². The number of hydrogen-bond donors (Lipinski definition) is 3. The fourth-order valence-electron chi connectivity index (χ4n) is 2.98. The van der Waals surface area contributed by atoms with Crippen LogP contribution in [-0.2, 0) is 0 Å². The molecule has 0 aliphatic carbocycles. The molecule has 0 radical (unpaired) electrons. The number of benzene rings is 1. The standard InChI is InChI=1S/C21H20F2N6O3/c1-10-5-18(27-11(2)26-10)29-17-8-16(14(9-25-17)20(30)24-3)28-21(31)13-6-12(22)7-15(23)19(13)32-4/h5-9H,1-4H3,(H,24,30)(H2,25,26,27,28,29,31). The highest BCUT2D eigenvalue weighted by atomic mass is 19.1. The minimum Gasteiger partial charge on any atom is -0.493 e. The van der Waals surface area contributed by atoms with Crippen LogP contribution in [0, 0.1) is 25.5 Å².